The van der Waals surface area contributed by atoms with Gasteiger partial charge in [0.1, 0.15) is 5.75 Å². The SMILES string of the molecule is CN1CCC2(C)c3cc(O)ccc3CC1C2NS(=O)(=O)Cc1ccccc1. The van der Waals surface area contributed by atoms with E-state index in [0.29, 0.717) is 0 Å². The maximum absolute atomic E-state index is 12.9. The molecule has 1 fully saturated rings. The summed E-state index contributed by atoms with van der Waals surface area (Å²) < 4.78 is 28.9. The lowest BCUT2D eigenvalue weighted by molar-refractivity contribution is 0.0777. The highest BCUT2D eigenvalue weighted by Gasteiger charge is 2.51. The molecule has 0 saturated carbocycles. The van der Waals surface area contributed by atoms with Gasteiger partial charge in [0.2, 0.25) is 10.0 Å². The van der Waals surface area contributed by atoms with Crippen LogP contribution in [0.15, 0.2) is 48.5 Å². The number of aromatic hydroxyl groups is 1. The summed E-state index contributed by atoms with van der Waals surface area (Å²) in [5.74, 6) is 0.210. The number of piperidine rings is 1. The van der Waals surface area contributed by atoms with Crippen molar-refractivity contribution in [2.75, 3.05) is 13.6 Å². The maximum Gasteiger partial charge on any atom is 0.216 e. The number of phenolic OH excluding ortho intramolecular Hbond substituents is 1. The Balaban J connectivity index is 1.69. The molecule has 1 saturated heterocycles. The second-order valence-corrected chi connectivity index (χ2v) is 9.86. The summed E-state index contributed by atoms with van der Waals surface area (Å²) in [4.78, 5) is 2.26. The van der Waals surface area contributed by atoms with Gasteiger partial charge in [0.05, 0.1) is 5.75 Å². The maximum atomic E-state index is 12.9. The fraction of sp³-hybridized carbons (Fsp3) is 0.429. The number of likely N-dealkylation sites (N-methyl/N-ethyl adjacent to an activating group) is 1. The van der Waals surface area contributed by atoms with E-state index < -0.39 is 10.0 Å². The number of sulfonamides is 1. The largest absolute Gasteiger partial charge is 0.508 e. The van der Waals surface area contributed by atoms with Crippen LogP contribution in [0.4, 0.5) is 0 Å². The highest BCUT2D eigenvalue weighted by Crippen LogP contribution is 2.45. The van der Waals surface area contributed by atoms with Crippen LogP contribution in [0.25, 0.3) is 0 Å². The average Bonchev–Trinajstić information content (AvgIpc) is 2.62. The van der Waals surface area contributed by atoms with Crippen molar-refractivity contribution in [3.63, 3.8) is 0 Å². The third kappa shape index (κ3) is 3.37. The van der Waals surface area contributed by atoms with Crippen molar-refractivity contribution >= 4 is 10.0 Å². The van der Waals surface area contributed by atoms with E-state index in [1.165, 1.54) is 5.56 Å². The van der Waals surface area contributed by atoms with Crippen molar-refractivity contribution in [1.82, 2.24) is 9.62 Å². The lowest BCUT2D eigenvalue weighted by Gasteiger charge is -2.54. The third-order valence-corrected chi connectivity index (χ3v) is 7.59. The molecule has 6 heteroatoms. The quantitative estimate of drug-likeness (QED) is 0.847. The molecule has 0 amide bonds. The Hall–Kier alpha value is -1.89. The van der Waals surface area contributed by atoms with Gasteiger partial charge in [0.15, 0.2) is 0 Å². The molecule has 2 aromatic rings. The van der Waals surface area contributed by atoms with Crippen molar-refractivity contribution < 1.29 is 13.5 Å². The van der Waals surface area contributed by atoms with E-state index >= 15 is 0 Å². The topological polar surface area (TPSA) is 69.6 Å². The lowest BCUT2D eigenvalue weighted by Crippen LogP contribution is -2.67. The van der Waals surface area contributed by atoms with Gasteiger partial charge < -0.3 is 10.0 Å². The molecule has 0 spiro atoms. The predicted molar refractivity (Wildman–Crippen MR) is 106 cm³/mol. The van der Waals surface area contributed by atoms with Gasteiger partial charge in [0.25, 0.3) is 0 Å². The van der Waals surface area contributed by atoms with Crippen LogP contribution >= 0.6 is 0 Å². The van der Waals surface area contributed by atoms with Crippen LogP contribution < -0.4 is 4.72 Å². The molecule has 0 aromatic heterocycles. The molecule has 3 unspecified atom stereocenters. The molecular formula is C21H26N2O3S. The second kappa shape index (κ2) is 6.62. The Morgan fingerprint density at radius 3 is 2.70 bits per heavy atom. The summed E-state index contributed by atoms with van der Waals surface area (Å²) in [5.41, 5.74) is 2.71. The van der Waals surface area contributed by atoms with Gasteiger partial charge >= 0.3 is 0 Å². The van der Waals surface area contributed by atoms with E-state index in [1.807, 2.05) is 42.5 Å². The Kier molecular flexibility index (Phi) is 4.53. The predicted octanol–water partition coefficient (Wildman–Crippen LogP) is 2.40. The van der Waals surface area contributed by atoms with Crippen LogP contribution in [0.2, 0.25) is 0 Å². The zero-order chi connectivity index (χ0) is 19.2. The van der Waals surface area contributed by atoms with E-state index in [-0.39, 0.29) is 29.0 Å². The van der Waals surface area contributed by atoms with Gasteiger partial charge in [-0.15, -0.1) is 0 Å². The zero-order valence-corrected chi connectivity index (χ0v) is 16.5. The van der Waals surface area contributed by atoms with Crippen LogP contribution in [0.5, 0.6) is 5.75 Å². The number of phenols is 1. The fourth-order valence-corrected chi connectivity index (χ4v) is 6.24. The first-order valence-corrected chi connectivity index (χ1v) is 11.0. The highest BCUT2D eigenvalue weighted by atomic mass is 32.2. The Labute approximate surface area is 161 Å². The van der Waals surface area contributed by atoms with Gasteiger partial charge in [-0.2, -0.15) is 0 Å². The second-order valence-electron chi connectivity index (χ2n) is 8.10. The molecule has 1 heterocycles. The molecular weight excluding hydrogens is 360 g/mol. The van der Waals surface area contributed by atoms with Gasteiger partial charge in [-0.1, -0.05) is 43.3 Å². The van der Waals surface area contributed by atoms with Gasteiger partial charge in [0, 0.05) is 17.5 Å². The summed E-state index contributed by atoms with van der Waals surface area (Å²) in [5, 5.41) is 10.0. The molecule has 1 aliphatic carbocycles. The number of rotatable bonds is 4. The molecule has 2 N–H and O–H groups in total. The number of nitrogens with one attached hydrogen (secondary N) is 1. The first-order chi connectivity index (χ1) is 12.8. The van der Waals surface area contributed by atoms with Crippen molar-refractivity contribution in [1.29, 1.82) is 0 Å². The zero-order valence-electron chi connectivity index (χ0n) is 15.7. The van der Waals surface area contributed by atoms with Crippen LogP contribution in [-0.4, -0.2) is 44.1 Å². The number of likely N-dealkylation sites (tertiary alicyclic amines) is 1. The number of fused-ring (bicyclic) bond motifs is 4. The van der Waals surface area contributed by atoms with E-state index in [0.717, 1.165) is 30.5 Å². The summed E-state index contributed by atoms with van der Waals surface area (Å²) in [7, 11) is -1.43. The molecule has 4 rings (SSSR count). The van der Waals surface area contributed by atoms with E-state index in [9.17, 15) is 13.5 Å². The van der Waals surface area contributed by atoms with Crippen LogP contribution in [0.3, 0.4) is 0 Å². The molecule has 27 heavy (non-hydrogen) atoms. The number of nitrogens with zero attached hydrogens (tertiary/aromatic N) is 1. The standard InChI is InChI=1S/C21H26N2O3S/c1-21-10-11-23(2)19(12-16-8-9-17(24)13-18(16)21)20(21)22-27(25,26)14-15-6-4-3-5-7-15/h3-9,13,19-20,22,24H,10-12,14H2,1-2H3. The molecule has 5 nitrogen and oxygen atoms in total. The first-order valence-electron chi connectivity index (χ1n) is 9.35. The smallest absolute Gasteiger partial charge is 0.216 e. The fourth-order valence-electron chi connectivity index (χ4n) is 4.72. The van der Waals surface area contributed by atoms with Crippen molar-refractivity contribution in [2.45, 2.75) is 43.0 Å². The van der Waals surface area contributed by atoms with E-state index in [2.05, 4.69) is 23.6 Å². The minimum Gasteiger partial charge on any atom is -0.508 e. The Bertz CT molecular complexity index is 945. The molecule has 0 radical (unpaired) electrons. The van der Waals surface area contributed by atoms with E-state index in [4.69, 9.17) is 0 Å². The monoisotopic (exact) mass is 386 g/mol. The third-order valence-electron chi connectivity index (χ3n) is 6.27. The van der Waals surface area contributed by atoms with Crippen molar-refractivity contribution in [3.05, 3.63) is 65.2 Å². The molecule has 144 valence electrons. The Morgan fingerprint density at radius 2 is 1.96 bits per heavy atom. The van der Waals surface area contributed by atoms with Crippen molar-refractivity contribution in [3.8, 4) is 5.75 Å². The minimum atomic E-state index is -3.49. The van der Waals surface area contributed by atoms with Gasteiger partial charge in [-0.3, -0.25) is 0 Å². The molecule has 2 bridgehead atoms. The summed E-state index contributed by atoms with van der Waals surface area (Å²) in [6.07, 6.45) is 1.62. The average molecular weight is 387 g/mol. The highest BCUT2D eigenvalue weighted by molar-refractivity contribution is 7.88. The molecule has 3 atom stereocenters. The van der Waals surface area contributed by atoms with Crippen molar-refractivity contribution in [2.24, 2.45) is 0 Å². The number of hydrogen-bond donors (Lipinski definition) is 2. The van der Waals surface area contributed by atoms with Crippen LogP contribution in [-0.2, 0) is 27.6 Å². The number of benzene rings is 2. The van der Waals surface area contributed by atoms with Gasteiger partial charge in [-0.05, 0) is 55.3 Å². The molecule has 1 aliphatic heterocycles. The van der Waals surface area contributed by atoms with Gasteiger partial charge in [-0.25, -0.2) is 13.1 Å². The van der Waals surface area contributed by atoms with E-state index in [1.54, 1.807) is 6.07 Å². The number of hydrogen-bond acceptors (Lipinski definition) is 4. The van der Waals surface area contributed by atoms with Crippen LogP contribution in [0, 0.1) is 0 Å². The normalized spacial score (nSPS) is 27.9. The van der Waals surface area contributed by atoms with Crippen LogP contribution in [0.1, 0.15) is 30.0 Å². The Morgan fingerprint density at radius 1 is 1.22 bits per heavy atom. The summed E-state index contributed by atoms with van der Waals surface area (Å²) in [6, 6.07) is 14.7. The lowest BCUT2D eigenvalue weighted by atomic mass is 9.62. The first kappa shape index (κ1) is 18.5. The molecule has 2 aliphatic rings. The minimum absolute atomic E-state index is 0.0241. The summed E-state index contributed by atoms with van der Waals surface area (Å²) in [6.45, 7) is 3.04. The summed E-state index contributed by atoms with van der Waals surface area (Å²) >= 11 is 0. The molecule has 2 aromatic carbocycles.